The van der Waals surface area contributed by atoms with E-state index >= 15 is 0 Å². The molecule has 1 rings (SSSR count). The van der Waals surface area contributed by atoms with Crippen LogP contribution in [0.3, 0.4) is 0 Å². The summed E-state index contributed by atoms with van der Waals surface area (Å²) >= 11 is 4.27. The second kappa shape index (κ2) is 12.0. The first-order valence-corrected chi connectivity index (χ1v) is 11.7. The zero-order valence-electron chi connectivity index (χ0n) is 20.7. The van der Waals surface area contributed by atoms with Crippen molar-refractivity contribution in [3.8, 4) is 12.3 Å². The lowest BCUT2D eigenvalue weighted by Crippen LogP contribution is -2.55. The fourth-order valence-electron chi connectivity index (χ4n) is 3.20. The summed E-state index contributed by atoms with van der Waals surface area (Å²) in [5, 5.41) is 5.54. The van der Waals surface area contributed by atoms with Crippen LogP contribution in [0.25, 0.3) is 0 Å². The van der Waals surface area contributed by atoms with E-state index in [0.29, 0.717) is 17.5 Å². The van der Waals surface area contributed by atoms with Crippen LogP contribution >= 0.6 is 12.6 Å². The lowest BCUT2D eigenvalue weighted by atomic mass is 9.96. The summed E-state index contributed by atoms with van der Waals surface area (Å²) in [5.41, 5.74) is -0.196. The summed E-state index contributed by atoms with van der Waals surface area (Å²) in [4.78, 5) is 40.9. The second-order valence-electron chi connectivity index (χ2n) is 9.79. The lowest BCUT2D eigenvalue weighted by Gasteiger charge is -2.36. The fraction of sp³-hybridized carbons (Fsp3) is 0.560. The Morgan fingerprint density at radius 3 is 2.24 bits per heavy atom. The Morgan fingerprint density at radius 1 is 1.15 bits per heavy atom. The molecule has 0 aromatic heterocycles. The molecule has 2 N–H and O–H groups in total. The summed E-state index contributed by atoms with van der Waals surface area (Å²) < 4.78 is 5.29. The molecule has 0 aliphatic carbocycles. The van der Waals surface area contributed by atoms with Crippen molar-refractivity contribution in [1.82, 2.24) is 15.5 Å². The number of hydrogen-bond acceptors (Lipinski definition) is 5. The van der Waals surface area contributed by atoms with Gasteiger partial charge in [-0.15, -0.1) is 6.42 Å². The number of nitrogens with one attached hydrogen (secondary N) is 2. The Bertz CT molecular complexity index is 881. The van der Waals surface area contributed by atoms with E-state index in [4.69, 9.17) is 11.2 Å². The van der Waals surface area contributed by atoms with Gasteiger partial charge >= 0.3 is 6.09 Å². The summed E-state index contributed by atoms with van der Waals surface area (Å²) in [6.07, 6.45) is 5.57. The minimum Gasteiger partial charge on any atom is -0.444 e. The molecule has 7 nitrogen and oxygen atoms in total. The maximum absolute atomic E-state index is 13.6. The Kier molecular flexibility index (Phi) is 10.3. The van der Waals surface area contributed by atoms with Gasteiger partial charge in [0.2, 0.25) is 11.8 Å². The maximum atomic E-state index is 13.6. The summed E-state index contributed by atoms with van der Waals surface area (Å²) in [6.45, 7) is 13.0. The normalized spacial score (nSPS) is 13.3. The molecule has 0 bridgehead atoms. The number of thiol groups is 1. The van der Waals surface area contributed by atoms with Crippen LogP contribution in [0.5, 0.6) is 0 Å². The van der Waals surface area contributed by atoms with Gasteiger partial charge in [0.25, 0.3) is 0 Å². The van der Waals surface area contributed by atoms with Crippen LogP contribution in [0.4, 0.5) is 4.79 Å². The van der Waals surface area contributed by atoms with Gasteiger partial charge in [-0.05, 0) is 59.6 Å². The van der Waals surface area contributed by atoms with E-state index in [1.165, 1.54) is 4.90 Å². The van der Waals surface area contributed by atoms with Crippen molar-refractivity contribution in [1.29, 1.82) is 0 Å². The molecule has 1 aromatic carbocycles. The van der Waals surface area contributed by atoms with Gasteiger partial charge in [-0.1, -0.05) is 31.0 Å². The molecule has 0 heterocycles. The minimum atomic E-state index is -0.988. The number of carbonyl (C=O) groups excluding carboxylic acids is 3. The van der Waals surface area contributed by atoms with Crippen molar-refractivity contribution >= 4 is 30.5 Å². The van der Waals surface area contributed by atoms with Gasteiger partial charge in [-0.3, -0.25) is 9.59 Å². The largest absolute Gasteiger partial charge is 0.444 e. The third-order valence-electron chi connectivity index (χ3n) is 4.39. The van der Waals surface area contributed by atoms with Gasteiger partial charge in [-0.2, -0.15) is 12.6 Å². The molecule has 8 heteroatoms. The average Bonchev–Trinajstić information content (AvgIpc) is 2.68. The number of ether oxygens (including phenoxy) is 1. The summed E-state index contributed by atoms with van der Waals surface area (Å²) in [7, 11) is 0. The highest BCUT2D eigenvalue weighted by molar-refractivity contribution is 7.80. The first-order valence-electron chi connectivity index (χ1n) is 11.0. The second-order valence-corrected chi connectivity index (χ2v) is 10.2. The van der Waals surface area contributed by atoms with E-state index in [1.54, 1.807) is 45.0 Å². The van der Waals surface area contributed by atoms with Crippen LogP contribution in [0.2, 0.25) is 0 Å². The van der Waals surface area contributed by atoms with Gasteiger partial charge in [-0.25, -0.2) is 4.79 Å². The highest BCUT2D eigenvalue weighted by atomic mass is 32.1. The molecule has 0 aliphatic heterocycles. The lowest BCUT2D eigenvalue weighted by molar-refractivity contribution is -0.142. The third-order valence-corrected chi connectivity index (χ3v) is 4.75. The number of nitrogens with zero attached hydrogens (tertiary/aromatic N) is 1. The highest BCUT2D eigenvalue weighted by Gasteiger charge is 2.37. The van der Waals surface area contributed by atoms with E-state index in [9.17, 15) is 14.4 Å². The number of carbonyl (C=O) groups is 3. The first kappa shape index (κ1) is 28.4. The topological polar surface area (TPSA) is 87.7 Å². The van der Waals surface area contributed by atoms with Crippen molar-refractivity contribution in [2.45, 2.75) is 78.1 Å². The number of terminal acetylenes is 1. The molecule has 0 fully saturated rings. The van der Waals surface area contributed by atoms with Crippen molar-refractivity contribution in [3.05, 3.63) is 35.4 Å². The van der Waals surface area contributed by atoms with Gasteiger partial charge < -0.3 is 20.3 Å². The molecular formula is C25H37N3O4S. The van der Waals surface area contributed by atoms with E-state index in [0.717, 1.165) is 0 Å². The van der Waals surface area contributed by atoms with Gasteiger partial charge in [0.1, 0.15) is 17.7 Å². The van der Waals surface area contributed by atoms with Crippen LogP contribution in [-0.2, 0) is 14.3 Å². The van der Waals surface area contributed by atoms with E-state index in [2.05, 4.69) is 29.2 Å². The molecule has 0 saturated heterocycles. The molecule has 1 aromatic rings. The predicted molar refractivity (Wildman–Crippen MR) is 134 cm³/mol. The van der Waals surface area contributed by atoms with Crippen LogP contribution in [0, 0.1) is 12.3 Å². The molecule has 2 atom stereocenters. The van der Waals surface area contributed by atoms with Crippen LogP contribution in [0.1, 0.15) is 72.1 Å². The SMILES string of the molecule is C#Cc1ccccc1C(C(=O)NC(C)(C)C)N(CCC)C(=O)C(CS)NC(=O)OC(C)(C)C. The molecule has 0 radical (unpaired) electrons. The summed E-state index contributed by atoms with van der Waals surface area (Å²) in [6, 6.07) is 5.07. The Morgan fingerprint density at radius 2 is 1.76 bits per heavy atom. The Balaban J connectivity index is 3.45. The zero-order valence-corrected chi connectivity index (χ0v) is 21.6. The third kappa shape index (κ3) is 9.01. The molecule has 0 spiro atoms. The van der Waals surface area contributed by atoms with Crippen molar-refractivity contribution in [2.24, 2.45) is 0 Å². The molecule has 3 amide bonds. The van der Waals surface area contributed by atoms with E-state index < -0.39 is 35.2 Å². The highest BCUT2D eigenvalue weighted by Crippen LogP contribution is 2.27. The molecule has 0 aliphatic rings. The number of hydrogen-bond donors (Lipinski definition) is 3. The quantitative estimate of drug-likeness (QED) is 0.395. The number of benzene rings is 1. The van der Waals surface area contributed by atoms with Crippen LogP contribution in [-0.4, -0.2) is 52.3 Å². The Labute approximate surface area is 203 Å². The standard InChI is InChI=1S/C25H37N3O4S/c1-9-15-28(22(30)19(16-33)26-23(31)32-25(6,7)8)20(21(29)27-24(3,4)5)18-14-12-11-13-17(18)10-2/h2,11-14,19-20,33H,9,15-16H2,1,3-8H3,(H,26,31)(H,27,29). The predicted octanol–water partition coefficient (Wildman–Crippen LogP) is 3.69. The summed E-state index contributed by atoms with van der Waals surface area (Å²) in [5.74, 6) is 1.83. The van der Waals surface area contributed by atoms with Crippen molar-refractivity contribution in [3.63, 3.8) is 0 Å². The molecule has 0 saturated carbocycles. The maximum Gasteiger partial charge on any atom is 0.408 e. The van der Waals surface area contributed by atoms with Crippen molar-refractivity contribution < 1.29 is 19.1 Å². The van der Waals surface area contributed by atoms with E-state index in [-0.39, 0.29) is 18.2 Å². The van der Waals surface area contributed by atoms with Crippen LogP contribution in [0.15, 0.2) is 24.3 Å². The first-order chi connectivity index (χ1) is 15.2. The minimum absolute atomic E-state index is 0.0304. The average molecular weight is 476 g/mol. The smallest absolute Gasteiger partial charge is 0.408 e. The van der Waals surface area contributed by atoms with Gasteiger partial charge in [0, 0.05) is 23.4 Å². The number of rotatable bonds is 8. The molecule has 182 valence electrons. The monoisotopic (exact) mass is 475 g/mol. The molecule has 33 heavy (non-hydrogen) atoms. The van der Waals surface area contributed by atoms with Crippen LogP contribution < -0.4 is 10.6 Å². The number of amides is 3. The Hall–Kier alpha value is -2.66. The molecule has 2 unspecified atom stereocenters. The van der Waals surface area contributed by atoms with Gasteiger partial charge in [0.15, 0.2) is 0 Å². The number of alkyl carbamates (subject to hydrolysis) is 1. The molecular weight excluding hydrogens is 438 g/mol. The van der Waals surface area contributed by atoms with E-state index in [1.807, 2.05) is 27.7 Å². The fourth-order valence-corrected chi connectivity index (χ4v) is 3.45. The zero-order chi connectivity index (χ0) is 25.4. The van der Waals surface area contributed by atoms with Crippen molar-refractivity contribution in [2.75, 3.05) is 12.3 Å². The van der Waals surface area contributed by atoms with Gasteiger partial charge in [0.05, 0.1) is 0 Å².